The second-order valence-corrected chi connectivity index (χ2v) is 10.5. The van der Waals surface area contributed by atoms with Crippen molar-refractivity contribution in [2.45, 2.75) is 51.4 Å². The van der Waals surface area contributed by atoms with E-state index in [-0.39, 0.29) is 23.7 Å². The van der Waals surface area contributed by atoms with Crippen LogP contribution in [0.2, 0.25) is 0 Å². The van der Waals surface area contributed by atoms with Gasteiger partial charge in [-0.3, -0.25) is 14.4 Å². The molecular weight excluding hydrogens is 442 g/mol. The average molecular weight is 482 g/mol. The van der Waals surface area contributed by atoms with Gasteiger partial charge in [0, 0.05) is 63.2 Å². The SMILES string of the molecule is O=C(Nc1cc(C(=O)N2CCCNCC2)ccc1N1CCN(C(=O)C2CC2)CC1)C1CCCCC1. The van der Waals surface area contributed by atoms with E-state index in [4.69, 9.17) is 0 Å². The summed E-state index contributed by atoms with van der Waals surface area (Å²) in [5.74, 6) is 0.667. The molecule has 4 aliphatic rings. The van der Waals surface area contributed by atoms with Crippen molar-refractivity contribution < 1.29 is 14.4 Å². The molecule has 190 valence electrons. The van der Waals surface area contributed by atoms with E-state index in [9.17, 15) is 14.4 Å². The highest BCUT2D eigenvalue weighted by Crippen LogP contribution is 2.34. The molecule has 8 nitrogen and oxygen atoms in total. The van der Waals surface area contributed by atoms with Gasteiger partial charge in [-0.05, 0) is 56.8 Å². The van der Waals surface area contributed by atoms with Gasteiger partial charge in [-0.2, -0.15) is 0 Å². The Balaban J connectivity index is 1.34. The largest absolute Gasteiger partial charge is 0.366 e. The summed E-state index contributed by atoms with van der Waals surface area (Å²) in [4.78, 5) is 45.1. The maximum atomic E-state index is 13.3. The lowest BCUT2D eigenvalue weighted by Gasteiger charge is -2.37. The molecule has 2 saturated carbocycles. The van der Waals surface area contributed by atoms with Crippen molar-refractivity contribution in [3.8, 4) is 0 Å². The van der Waals surface area contributed by atoms with Crippen LogP contribution in [0, 0.1) is 11.8 Å². The van der Waals surface area contributed by atoms with Crippen molar-refractivity contribution in [2.24, 2.45) is 11.8 Å². The Bertz CT molecular complexity index is 925. The number of nitrogens with zero attached hydrogens (tertiary/aromatic N) is 3. The van der Waals surface area contributed by atoms with Gasteiger partial charge >= 0.3 is 0 Å². The van der Waals surface area contributed by atoms with Crippen LogP contribution in [0.15, 0.2) is 18.2 Å². The monoisotopic (exact) mass is 481 g/mol. The fourth-order valence-corrected chi connectivity index (χ4v) is 5.63. The van der Waals surface area contributed by atoms with Crippen LogP contribution in [0.4, 0.5) is 11.4 Å². The maximum absolute atomic E-state index is 13.3. The Labute approximate surface area is 208 Å². The second-order valence-electron chi connectivity index (χ2n) is 10.5. The first-order chi connectivity index (χ1) is 17.1. The number of rotatable bonds is 5. The van der Waals surface area contributed by atoms with Gasteiger partial charge in [0.1, 0.15) is 0 Å². The molecule has 5 rings (SSSR count). The van der Waals surface area contributed by atoms with Gasteiger partial charge < -0.3 is 25.3 Å². The van der Waals surface area contributed by atoms with Gasteiger partial charge in [-0.25, -0.2) is 0 Å². The molecule has 4 fully saturated rings. The highest BCUT2D eigenvalue weighted by atomic mass is 16.2. The summed E-state index contributed by atoms with van der Waals surface area (Å²) in [6, 6.07) is 5.75. The number of piperazine rings is 1. The Kier molecular flexibility index (Phi) is 7.56. The van der Waals surface area contributed by atoms with E-state index in [1.165, 1.54) is 6.42 Å². The first-order valence-corrected chi connectivity index (χ1v) is 13.6. The van der Waals surface area contributed by atoms with Crippen LogP contribution < -0.4 is 15.5 Å². The Morgan fingerprint density at radius 2 is 1.54 bits per heavy atom. The molecule has 0 unspecified atom stereocenters. The van der Waals surface area contributed by atoms with Gasteiger partial charge in [0.15, 0.2) is 0 Å². The zero-order chi connectivity index (χ0) is 24.2. The normalized spacial score (nSPS) is 22.0. The van der Waals surface area contributed by atoms with E-state index >= 15 is 0 Å². The molecule has 0 spiro atoms. The number of hydrogen-bond donors (Lipinski definition) is 2. The number of hydrogen-bond acceptors (Lipinski definition) is 5. The fourth-order valence-electron chi connectivity index (χ4n) is 5.63. The van der Waals surface area contributed by atoms with Gasteiger partial charge in [0.25, 0.3) is 5.91 Å². The summed E-state index contributed by atoms with van der Waals surface area (Å²) < 4.78 is 0. The quantitative estimate of drug-likeness (QED) is 0.676. The van der Waals surface area contributed by atoms with Crippen molar-refractivity contribution >= 4 is 29.1 Å². The molecule has 8 heteroatoms. The molecule has 0 atom stereocenters. The van der Waals surface area contributed by atoms with Crippen LogP contribution in [-0.4, -0.2) is 79.9 Å². The molecule has 3 amide bonds. The highest BCUT2D eigenvalue weighted by molar-refractivity contribution is 6.00. The molecule has 35 heavy (non-hydrogen) atoms. The molecule has 0 aromatic heterocycles. The van der Waals surface area contributed by atoms with E-state index < -0.39 is 0 Å². The summed E-state index contributed by atoms with van der Waals surface area (Å²) in [6.07, 6.45) is 8.27. The molecule has 0 bridgehead atoms. The van der Waals surface area contributed by atoms with Crippen LogP contribution in [-0.2, 0) is 9.59 Å². The third-order valence-corrected chi connectivity index (χ3v) is 7.96. The number of amides is 3. The molecule has 2 heterocycles. The number of benzene rings is 1. The van der Waals surface area contributed by atoms with E-state index in [0.717, 1.165) is 89.0 Å². The molecule has 2 N–H and O–H groups in total. The zero-order valence-corrected chi connectivity index (χ0v) is 20.8. The van der Waals surface area contributed by atoms with Crippen LogP contribution in [0.5, 0.6) is 0 Å². The van der Waals surface area contributed by atoms with Gasteiger partial charge in [-0.15, -0.1) is 0 Å². The number of carbonyl (C=O) groups is 3. The van der Waals surface area contributed by atoms with Crippen molar-refractivity contribution in [2.75, 3.05) is 62.6 Å². The Hall–Kier alpha value is -2.61. The predicted octanol–water partition coefficient (Wildman–Crippen LogP) is 2.70. The van der Waals surface area contributed by atoms with Gasteiger partial charge in [0.05, 0.1) is 11.4 Å². The van der Waals surface area contributed by atoms with Crippen molar-refractivity contribution in [3.63, 3.8) is 0 Å². The van der Waals surface area contributed by atoms with Crippen LogP contribution in [0.1, 0.15) is 61.7 Å². The van der Waals surface area contributed by atoms with Gasteiger partial charge in [-0.1, -0.05) is 19.3 Å². The molecule has 0 radical (unpaired) electrons. The summed E-state index contributed by atoms with van der Waals surface area (Å²) in [6.45, 7) is 6.04. The molecule has 2 saturated heterocycles. The first-order valence-electron chi connectivity index (χ1n) is 13.6. The summed E-state index contributed by atoms with van der Waals surface area (Å²) in [7, 11) is 0. The minimum Gasteiger partial charge on any atom is -0.366 e. The molecular formula is C27H39N5O3. The summed E-state index contributed by atoms with van der Waals surface area (Å²) in [5, 5.41) is 6.55. The van der Waals surface area contributed by atoms with Crippen molar-refractivity contribution in [3.05, 3.63) is 23.8 Å². The van der Waals surface area contributed by atoms with E-state index in [0.29, 0.717) is 31.1 Å². The van der Waals surface area contributed by atoms with E-state index in [1.807, 2.05) is 28.0 Å². The fraction of sp³-hybridized carbons (Fsp3) is 0.667. The van der Waals surface area contributed by atoms with Crippen LogP contribution >= 0.6 is 0 Å². The predicted molar refractivity (Wildman–Crippen MR) is 137 cm³/mol. The Morgan fingerprint density at radius 1 is 0.771 bits per heavy atom. The molecule has 2 aliphatic heterocycles. The topological polar surface area (TPSA) is 85.0 Å². The number of carbonyl (C=O) groups excluding carboxylic acids is 3. The first kappa shape index (κ1) is 24.1. The summed E-state index contributed by atoms with van der Waals surface area (Å²) >= 11 is 0. The van der Waals surface area contributed by atoms with Crippen molar-refractivity contribution in [1.82, 2.24) is 15.1 Å². The standard InChI is InChI=1S/C27H39N5O3/c33-25(20-5-2-1-3-6-20)29-23-19-22(27(35)31-13-4-11-28-12-14-31)9-10-24(23)30-15-17-32(18-16-30)26(34)21-7-8-21/h9-10,19-21,28H,1-8,11-18H2,(H,29,33). The molecule has 1 aromatic carbocycles. The van der Waals surface area contributed by atoms with Crippen molar-refractivity contribution in [1.29, 1.82) is 0 Å². The zero-order valence-electron chi connectivity index (χ0n) is 20.8. The summed E-state index contributed by atoms with van der Waals surface area (Å²) in [5.41, 5.74) is 2.29. The Morgan fingerprint density at radius 3 is 2.29 bits per heavy atom. The minimum atomic E-state index is 0.0215. The van der Waals surface area contributed by atoms with Crippen LogP contribution in [0.3, 0.4) is 0 Å². The van der Waals surface area contributed by atoms with E-state index in [1.54, 1.807) is 0 Å². The third-order valence-electron chi connectivity index (χ3n) is 7.96. The lowest BCUT2D eigenvalue weighted by atomic mass is 9.88. The molecule has 2 aliphatic carbocycles. The minimum absolute atomic E-state index is 0.0215. The average Bonchev–Trinajstić information content (AvgIpc) is 3.76. The molecule has 1 aromatic rings. The second kappa shape index (κ2) is 11.0. The number of nitrogens with one attached hydrogen (secondary N) is 2. The third kappa shape index (κ3) is 5.80. The van der Waals surface area contributed by atoms with Gasteiger partial charge in [0.2, 0.25) is 11.8 Å². The highest BCUT2D eigenvalue weighted by Gasteiger charge is 2.35. The lowest BCUT2D eigenvalue weighted by Crippen LogP contribution is -2.49. The van der Waals surface area contributed by atoms with Crippen LogP contribution in [0.25, 0.3) is 0 Å². The maximum Gasteiger partial charge on any atom is 0.253 e. The lowest BCUT2D eigenvalue weighted by molar-refractivity contribution is -0.132. The smallest absolute Gasteiger partial charge is 0.253 e. The van der Waals surface area contributed by atoms with E-state index in [2.05, 4.69) is 15.5 Å². The number of anilines is 2.